The summed E-state index contributed by atoms with van der Waals surface area (Å²) in [4.78, 5) is 26.4. The van der Waals surface area contributed by atoms with E-state index in [2.05, 4.69) is 5.32 Å². The van der Waals surface area contributed by atoms with E-state index >= 15 is 0 Å². The van der Waals surface area contributed by atoms with Crippen molar-refractivity contribution in [2.24, 2.45) is 0 Å². The van der Waals surface area contributed by atoms with Crippen LogP contribution in [0.3, 0.4) is 0 Å². The minimum Gasteiger partial charge on any atom is -0.467 e. The fourth-order valence-electron chi connectivity index (χ4n) is 3.62. The minimum absolute atomic E-state index is 0.0615. The van der Waals surface area contributed by atoms with Gasteiger partial charge in [0.1, 0.15) is 11.3 Å². The molecule has 0 bridgehead atoms. The van der Waals surface area contributed by atoms with Crippen LogP contribution in [0.1, 0.15) is 27.4 Å². The topological polar surface area (TPSA) is 64.2 Å². The summed E-state index contributed by atoms with van der Waals surface area (Å²) in [5, 5.41) is 3.19. The van der Waals surface area contributed by atoms with Crippen LogP contribution in [0.4, 0.5) is 5.69 Å². The number of carbonyl (C=O) groups is 1. The van der Waals surface area contributed by atoms with Gasteiger partial charge in [0.2, 0.25) is 0 Å². The molecule has 156 valence electrons. The molecule has 0 unspecified atom stereocenters. The molecule has 0 spiro atoms. The zero-order valence-electron chi connectivity index (χ0n) is 17.2. The second kappa shape index (κ2) is 8.66. The lowest BCUT2D eigenvalue weighted by atomic mass is 9.98. The number of para-hydroxylation sites is 1. The number of halogens is 1. The van der Waals surface area contributed by atoms with Gasteiger partial charge in [-0.25, -0.2) is 0 Å². The number of nitrogens with one attached hydrogen (secondary N) is 1. The monoisotopic (exact) mass is 432 g/mol. The highest BCUT2D eigenvalue weighted by Gasteiger charge is 2.23. The zero-order valence-corrected chi connectivity index (χ0v) is 17.9. The maximum atomic E-state index is 13.4. The largest absolute Gasteiger partial charge is 0.467 e. The first-order valence-corrected chi connectivity index (χ1v) is 10.2. The molecule has 0 aliphatic heterocycles. The summed E-state index contributed by atoms with van der Waals surface area (Å²) in [6.45, 7) is 4.19. The zero-order chi connectivity index (χ0) is 22.0. The highest BCUT2D eigenvalue weighted by atomic mass is 35.5. The maximum Gasteiger partial charge on any atom is 0.261 e. The van der Waals surface area contributed by atoms with Crippen molar-refractivity contribution in [2.45, 2.75) is 20.4 Å². The average Bonchev–Trinajstić information content (AvgIpc) is 3.25. The van der Waals surface area contributed by atoms with E-state index in [9.17, 15) is 9.59 Å². The second-order valence-corrected chi connectivity index (χ2v) is 7.70. The van der Waals surface area contributed by atoms with Gasteiger partial charge in [-0.15, -0.1) is 0 Å². The van der Waals surface area contributed by atoms with Crippen LogP contribution in [0.25, 0.3) is 11.3 Å². The van der Waals surface area contributed by atoms with Gasteiger partial charge in [0.15, 0.2) is 5.43 Å². The molecule has 0 aliphatic carbocycles. The number of benzene rings is 2. The van der Waals surface area contributed by atoms with Gasteiger partial charge >= 0.3 is 0 Å². The lowest BCUT2D eigenvalue weighted by molar-refractivity contribution is 0.102. The van der Waals surface area contributed by atoms with Crippen LogP contribution in [-0.4, -0.2) is 10.5 Å². The molecule has 0 aliphatic rings. The Hall–Kier alpha value is -3.57. The summed E-state index contributed by atoms with van der Waals surface area (Å²) in [5.74, 6) is 0.212. The smallest absolute Gasteiger partial charge is 0.261 e. The number of rotatable bonds is 5. The molecule has 4 aromatic rings. The van der Waals surface area contributed by atoms with Crippen molar-refractivity contribution >= 4 is 23.2 Å². The first kappa shape index (κ1) is 20.7. The number of anilines is 1. The fraction of sp³-hybridized carbons (Fsp3) is 0.120. The van der Waals surface area contributed by atoms with E-state index in [0.717, 1.165) is 22.6 Å². The van der Waals surface area contributed by atoms with Crippen LogP contribution in [0.15, 0.2) is 82.2 Å². The van der Waals surface area contributed by atoms with Gasteiger partial charge in [-0.3, -0.25) is 9.59 Å². The van der Waals surface area contributed by atoms with Crippen molar-refractivity contribution in [2.75, 3.05) is 5.32 Å². The predicted octanol–water partition coefficient (Wildman–Crippen LogP) is 5.68. The minimum atomic E-state index is -0.510. The summed E-state index contributed by atoms with van der Waals surface area (Å²) in [5.41, 5.74) is 3.19. The Morgan fingerprint density at radius 2 is 1.77 bits per heavy atom. The molecule has 6 heteroatoms. The van der Waals surface area contributed by atoms with E-state index in [4.69, 9.17) is 16.0 Å². The lowest BCUT2D eigenvalue weighted by Gasteiger charge is -2.21. The Bertz CT molecular complexity index is 1310. The van der Waals surface area contributed by atoms with Crippen LogP contribution in [-0.2, 0) is 6.54 Å². The van der Waals surface area contributed by atoms with Crippen LogP contribution < -0.4 is 10.7 Å². The third-order valence-corrected chi connectivity index (χ3v) is 5.49. The quantitative estimate of drug-likeness (QED) is 0.441. The standard InChI is InChI=1S/C25H21ClN2O3/c1-16-8-3-4-10-19(16)24-23(25(30)27-21-12-6-5-11-20(21)26)22(29)14-17(2)28(24)15-18-9-7-13-31-18/h3-14H,15H2,1-2H3,(H,27,30). The summed E-state index contributed by atoms with van der Waals surface area (Å²) in [7, 11) is 0. The molecule has 31 heavy (non-hydrogen) atoms. The molecule has 1 N–H and O–H groups in total. The number of amides is 1. The Balaban J connectivity index is 1.93. The van der Waals surface area contributed by atoms with Gasteiger partial charge < -0.3 is 14.3 Å². The molecule has 2 aromatic heterocycles. The predicted molar refractivity (Wildman–Crippen MR) is 123 cm³/mol. The Morgan fingerprint density at radius 1 is 1.03 bits per heavy atom. The summed E-state index contributed by atoms with van der Waals surface area (Å²) >= 11 is 6.22. The molecular weight excluding hydrogens is 412 g/mol. The summed E-state index contributed by atoms with van der Waals surface area (Å²) < 4.78 is 7.47. The van der Waals surface area contributed by atoms with Gasteiger partial charge in [-0.05, 0) is 43.7 Å². The third-order valence-electron chi connectivity index (χ3n) is 5.16. The number of hydrogen-bond acceptors (Lipinski definition) is 3. The van der Waals surface area contributed by atoms with Gasteiger partial charge in [-0.2, -0.15) is 0 Å². The van der Waals surface area contributed by atoms with E-state index in [0.29, 0.717) is 22.9 Å². The summed E-state index contributed by atoms with van der Waals surface area (Å²) in [6.07, 6.45) is 1.60. The van der Waals surface area contributed by atoms with Gasteiger partial charge in [0, 0.05) is 17.3 Å². The molecule has 0 radical (unpaired) electrons. The Kier molecular flexibility index (Phi) is 5.78. The number of nitrogens with zero attached hydrogens (tertiary/aromatic N) is 1. The van der Waals surface area contributed by atoms with E-state index in [1.807, 2.05) is 54.8 Å². The normalized spacial score (nSPS) is 10.8. The van der Waals surface area contributed by atoms with Crippen molar-refractivity contribution in [3.05, 3.63) is 111 Å². The first-order chi connectivity index (χ1) is 15.0. The number of carbonyl (C=O) groups excluding carboxylic acids is 1. The number of aromatic nitrogens is 1. The molecule has 0 saturated carbocycles. The molecule has 4 rings (SSSR count). The number of pyridine rings is 1. The van der Waals surface area contributed by atoms with Gasteiger partial charge in [0.05, 0.1) is 29.2 Å². The highest BCUT2D eigenvalue weighted by molar-refractivity contribution is 6.34. The second-order valence-electron chi connectivity index (χ2n) is 7.29. The molecule has 5 nitrogen and oxygen atoms in total. The van der Waals surface area contributed by atoms with E-state index < -0.39 is 5.91 Å². The third kappa shape index (κ3) is 4.18. The van der Waals surface area contributed by atoms with Gasteiger partial charge in [-0.1, -0.05) is 48.0 Å². The van der Waals surface area contributed by atoms with Crippen LogP contribution in [0.2, 0.25) is 5.02 Å². The Morgan fingerprint density at radius 3 is 2.48 bits per heavy atom. The molecule has 0 saturated heterocycles. The van der Waals surface area contributed by atoms with Crippen molar-refractivity contribution in [3.63, 3.8) is 0 Å². The van der Waals surface area contributed by atoms with Crippen LogP contribution in [0.5, 0.6) is 0 Å². The van der Waals surface area contributed by atoms with Gasteiger partial charge in [0.25, 0.3) is 5.91 Å². The Labute approximate surface area is 184 Å². The van der Waals surface area contributed by atoms with Crippen LogP contribution in [0, 0.1) is 13.8 Å². The van der Waals surface area contributed by atoms with Crippen molar-refractivity contribution < 1.29 is 9.21 Å². The first-order valence-electron chi connectivity index (χ1n) is 9.84. The van der Waals surface area contributed by atoms with E-state index in [-0.39, 0.29) is 11.0 Å². The molecular formula is C25H21ClN2O3. The number of aryl methyl sites for hydroxylation is 2. The van der Waals surface area contributed by atoms with Crippen molar-refractivity contribution in [1.82, 2.24) is 4.57 Å². The number of hydrogen-bond donors (Lipinski definition) is 1. The molecule has 0 fully saturated rings. The van der Waals surface area contributed by atoms with Crippen LogP contribution >= 0.6 is 11.6 Å². The van der Waals surface area contributed by atoms with Crippen molar-refractivity contribution in [3.8, 4) is 11.3 Å². The lowest BCUT2D eigenvalue weighted by Crippen LogP contribution is -2.27. The highest BCUT2D eigenvalue weighted by Crippen LogP contribution is 2.29. The molecule has 2 heterocycles. The summed E-state index contributed by atoms with van der Waals surface area (Å²) in [6, 6.07) is 19.8. The maximum absolute atomic E-state index is 13.4. The van der Waals surface area contributed by atoms with E-state index in [1.165, 1.54) is 6.07 Å². The van der Waals surface area contributed by atoms with E-state index in [1.54, 1.807) is 30.5 Å². The SMILES string of the molecule is Cc1ccccc1-c1c(C(=O)Nc2ccccc2Cl)c(=O)cc(C)n1Cc1ccco1. The average molecular weight is 433 g/mol. The fourth-order valence-corrected chi connectivity index (χ4v) is 3.80. The molecule has 1 amide bonds. The molecule has 2 aromatic carbocycles. The molecule has 0 atom stereocenters. The number of furan rings is 1. The van der Waals surface area contributed by atoms with Crippen molar-refractivity contribution in [1.29, 1.82) is 0 Å².